The maximum atomic E-state index is 6.15. The zero-order valence-electron chi connectivity index (χ0n) is 14.4. The second-order valence-electron chi connectivity index (χ2n) is 5.97. The molecule has 4 heteroatoms. The second kappa shape index (κ2) is 7.82. The molecule has 3 aromatic rings. The van der Waals surface area contributed by atoms with Gasteiger partial charge in [0.1, 0.15) is 5.82 Å². The van der Waals surface area contributed by atoms with Gasteiger partial charge in [0.2, 0.25) is 0 Å². The monoisotopic (exact) mass is 341 g/mol. The van der Waals surface area contributed by atoms with Crippen LogP contribution in [-0.4, -0.2) is 34.1 Å². The predicted octanol–water partition coefficient (Wildman–Crippen LogP) is 5.09. The van der Waals surface area contributed by atoms with Crippen LogP contribution in [0.4, 0.5) is 0 Å². The van der Waals surface area contributed by atoms with Gasteiger partial charge in [-0.25, -0.2) is 4.98 Å². The molecule has 2 aromatic carbocycles. The molecular weight excluding hydrogens is 318 g/mol. The first-order chi connectivity index (χ1) is 11.7. The molecule has 0 atom stereocenters. The van der Waals surface area contributed by atoms with Crippen LogP contribution in [-0.2, 0) is 6.54 Å². The van der Waals surface area contributed by atoms with Crippen molar-refractivity contribution >= 4 is 22.6 Å². The largest absolute Gasteiger partial charge is 0.324 e. The van der Waals surface area contributed by atoms with Gasteiger partial charge in [0.25, 0.3) is 0 Å². The molecule has 0 radical (unpaired) electrons. The van der Waals surface area contributed by atoms with Crippen LogP contribution < -0.4 is 0 Å². The van der Waals surface area contributed by atoms with Crippen molar-refractivity contribution in [3.05, 3.63) is 53.6 Å². The lowest BCUT2D eigenvalue weighted by Gasteiger charge is -2.18. The van der Waals surface area contributed by atoms with Crippen molar-refractivity contribution in [2.75, 3.05) is 19.6 Å². The summed E-state index contributed by atoms with van der Waals surface area (Å²) >= 11 is 6.15. The molecule has 0 amide bonds. The van der Waals surface area contributed by atoms with Gasteiger partial charge < -0.3 is 9.47 Å². The van der Waals surface area contributed by atoms with E-state index < -0.39 is 0 Å². The minimum absolute atomic E-state index is 0.731. The molecule has 0 aliphatic heterocycles. The Morgan fingerprint density at radius 1 is 1.04 bits per heavy atom. The van der Waals surface area contributed by atoms with Gasteiger partial charge in [-0.15, -0.1) is 0 Å². The average Bonchev–Trinajstić information content (AvgIpc) is 2.97. The summed E-state index contributed by atoms with van der Waals surface area (Å²) in [6.07, 6.45) is 1.11. The molecule has 1 heterocycles. The quantitative estimate of drug-likeness (QED) is 0.597. The zero-order chi connectivity index (χ0) is 16.9. The highest BCUT2D eigenvalue weighted by Gasteiger charge is 2.13. The maximum Gasteiger partial charge on any atom is 0.141 e. The van der Waals surface area contributed by atoms with Crippen molar-refractivity contribution in [3.63, 3.8) is 0 Å². The van der Waals surface area contributed by atoms with Crippen molar-refractivity contribution in [3.8, 4) is 11.4 Å². The fourth-order valence-electron chi connectivity index (χ4n) is 3.13. The summed E-state index contributed by atoms with van der Waals surface area (Å²) in [6, 6.07) is 16.4. The third-order valence-electron chi connectivity index (χ3n) is 4.49. The Bertz CT molecular complexity index is 791. The standard InChI is InChI=1S/C20H24ClN3/c1-3-23(4-2)13-8-14-24-19-12-11-17(21)15-18(19)22-20(24)16-9-6-5-7-10-16/h5-7,9-12,15H,3-4,8,13-14H2,1-2H3. The van der Waals surface area contributed by atoms with E-state index in [4.69, 9.17) is 16.6 Å². The maximum absolute atomic E-state index is 6.15. The number of aromatic nitrogens is 2. The molecule has 0 saturated heterocycles. The molecule has 0 saturated carbocycles. The lowest BCUT2D eigenvalue weighted by molar-refractivity contribution is 0.294. The molecule has 0 N–H and O–H groups in total. The van der Waals surface area contributed by atoms with E-state index in [1.807, 2.05) is 18.2 Å². The number of benzene rings is 2. The second-order valence-corrected chi connectivity index (χ2v) is 6.40. The topological polar surface area (TPSA) is 21.1 Å². The van der Waals surface area contributed by atoms with Crippen LogP contribution in [0.1, 0.15) is 20.3 Å². The Balaban J connectivity index is 1.94. The van der Waals surface area contributed by atoms with Crippen molar-refractivity contribution in [1.29, 1.82) is 0 Å². The average molecular weight is 342 g/mol. The molecule has 0 bridgehead atoms. The van der Waals surface area contributed by atoms with E-state index >= 15 is 0 Å². The molecule has 24 heavy (non-hydrogen) atoms. The van der Waals surface area contributed by atoms with Gasteiger partial charge in [-0.1, -0.05) is 55.8 Å². The van der Waals surface area contributed by atoms with E-state index in [-0.39, 0.29) is 0 Å². The van der Waals surface area contributed by atoms with Crippen LogP contribution in [0.5, 0.6) is 0 Å². The lowest BCUT2D eigenvalue weighted by Crippen LogP contribution is -2.24. The van der Waals surface area contributed by atoms with Gasteiger partial charge in [-0.05, 0) is 44.3 Å². The first kappa shape index (κ1) is 17.0. The number of rotatable bonds is 7. The van der Waals surface area contributed by atoms with E-state index in [9.17, 15) is 0 Å². The number of hydrogen-bond donors (Lipinski definition) is 0. The number of halogens is 1. The van der Waals surface area contributed by atoms with Crippen LogP contribution in [0, 0.1) is 0 Å². The Kier molecular flexibility index (Phi) is 5.54. The molecule has 0 spiro atoms. The Hall–Kier alpha value is -1.84. The summed E-state index contributed by atoms with van der Waals surface area (Å²) in [5.41, 5.74) is 3.26. The van der Waals surface area contributed by atoms with Crippen LogP contribution in [0.15, 0.2) is 48.5 Å². The van der Waals surface area contributed by atoms with E-state index in [1.54, 1.807) is 0 Å². The highest BCUT2D eigenvalue weighted by atomic mass is 35.5. The predicted molar refractivity (Wildman–Crippen MR) is 103 cm³/mol. The first-order valence-electron chi connectivity index (χ1n) is 8.66. The van der Waals surface area contributed by atoms with E-state index in [1.165, 1.54) is 0 Å². The number of fused-ring (bicyclic) bond motifs is 1. The van der Waals surface area contributed by atoms with Gasteiger partial charge in [0, 0.05) is 17.1 Å². The summed E-state index contributed by atoms with van der Waals surface area (Å²) < 4.78 is 2.32. The fraction of sp³-hybridized carbons (Fsp3) is 0.350. The van der Waals surface area contributed by atoms with Crippen LogP contribution in [0.2, 0.25) is 5.02 Å². The molecular formula is C20H24ClN3. The molecule has 3 nitrogen and oxygen atoms in total. The number of nitrogens with zero attached hydrogens (tertiary/aromatic N) is 3. The van der Waals surface area contributed by atoms with Gasteiger partial charge in [0.05, 0.1) is 11.0 Å². The lowest BCUT2D eigenvalue weighted by atomic mass is 10.2. The van der Waals surface area contributed by atoms with E-state index in [0.29, 0.717) is 0 Å². The molecule has 3 rings (SSSR count). The van der Waals surface area contributed by atoms with Crippen LogP contribution >= 0.6 is 11.6 Å². The summed E-state index contributed by atoms with van der Waals surface area (Å²) in [5, 5.41) is 0.731. The fourth-order valence-corrected chi connectivity index (χ4v) is 3.30. The summed E-state index contributed by atoms with van der Waals surface area (Å²) in [5.74, 6) is 1.02. The Morgan fingerprint density at radius 3 is 2.50 bits per heavy atom. The Labute approximate surface area is 148 Å². The minimum Gasteiger partial charge on any atom is -0.324 e. The summed E-state index contributed by atoms with van der Waals surface area (Å²) in [4.78, 5) is 7.30. The summed E-state index contributed by atoms with van der Waals surface area (Å²) in [7, 11) is 0. The van der Waals surface area contributed by atoms with E-state index in [0.717, 1.165) is 60.0 Å². The highest BCUT2D eigenvalue weighted by molar-refractivity contribution is 6.31. The van der Waals surface area contributed by atoms with Crippen LogP contribution in [0.25, 0.3) is 22.4 Å². The third kappa shape index (κ3) is 3.63. The smallest absolute Gasteiger partial charge is 0.141 e. The van der Waals surface area contributed by atoms with Crippen molar-refractivity contribution < 1.29 is 0 Å². The minimum atomic E-state index is 0.731. The highest BCUT2D eigenvalue weighted by Crippen LogP contribution is 2.27. The number of aryl methyl sites for hydroxylation is 1. The molecule has 1 aromatic heterocycles. The molecule has 0 fully saturated rings. The molecule has 126 valence electrons. The molecule has 0 unspecified atom stereocenters. The van der Waals surface area contributed by atoms with Gasteiger partial charge in [0.15, 0.2) is 0 Å². The molecule has 0 aliphatic carbocycles. The van der Waals surface area contributed by atoms with E-state index in [2.05, 4.69) is 53.6 Å². The zero-order valence-corrected chi connectivity index (χ0v) is 15.1. The van der Waals surface area contributed by atoms with Crippen LogP contribution in [0.3, 0.4) is 0 Å². The summed E-state index contributed by atoms with van der Waals surface area (Å²) in [6.45, 7) is 8.69. The van der Waals surface area contributed by atoms with Crippen molar-refractivity contribution in [2.45, 2.75) is 26.8 Å². The van der Waals surface area contributed by atoms with Gasteiger partial charge in [-0.2, -0.15) is 0 Å². The normalized spacial score (nSPS) is 11.5. The van der Waals surface area contributed by atoms with Crippen molar-refractivity contribution in [2.24, 2.45) is 0 Å². The first-order valence-corrected chi connectivity index (χ1v) is 9.04. The third-order valence-corrected chi connectivity index (χ3v) is 4.73. The Morgan fingerprint density at radius 2 is 1.79 bits per heavy atom. The molecule has 0 aliphatic rings. The number of hydrogen-bond acceptors (Lipinski definition) is 2. The van der Waals surface area contributed by atoms with Gasteiger partial charge >= 0.3 is 0 Å². The SMILES string of the molecule is CCN(CC)CCCn1c(-c2ccccc2)nc2cc(Cl)ccc21. The van der Waals surface area contributed by atoms with Crippen molar-refractivity contribution in [1.82, 2.24) is 14.5 Å². The van der Waals surface area contributed by atoms with Gasteiger partial charge in [-0.3, -0.25) is 0 Å². The number of imidazole rings is 1.